The number of hydrogen-bond donors (Lipinski definition) is 11. The van der Waals surface area contributed by atoms with Gasteiger partial charge in [-0.15, -0.1) is 0 Å². The van der Waals surface area contributed by atoms with Gasteiger partial charge in [-0.25, -0.2) is 0 Å². The number of fused-ring (bicyclic) bond motifs is 8. The van der Waals surface area contributed by atoms with Crippen molar-refractivity contribution in [1.82, 2.24) is 0 Å². The van der Waals surface area contributed by atoms with E-state index in [1.807, 2.05) is 0 Å². The Morgan fingerprint density at radius 1 is 0.160 bits per heavy atom. The van der Waals surface area contributed by atoms with Crippen LogP contribution in [0, 0.1) is 0 Å². The van der Waals surface area contributed by atoms with E-state index in [4.69, 9.17) is 63.1 Å². The molecule has 19 heteroatoms. The van der Waals surface area contributed by atoms with Gasteiger partial charge in [0, 0.05) is 90.4 Å². The molecule has 370 valence electrons. The van der Waals surface area contributed by atoms with Crippen molar-refractivity contribution in [3.8, 4) is 0 Å². The highest BCUT2D eigenvalue weighted by Gasteiger charge is 2.38. The Morgan fingerprint density at radius 3 is 0.547 bits per heavy atom. The Morgan fingerprint density at radius 2 is 0.307 bits per heavy atom. The van der Waals surface area contributed by atoms with Crippen molar-refractivity contribution in [2.24, 2.45) is 0 Å². The average Bonchev–Trinajstić information content (AvgIpc) is 3.38. The first-order chi connectivity index (χ1) is 35.7. The molecule has 0 spiro atoms. The van der Waals surface area contributed by atoms with E-state index in [9.17, 15) is 38.4 Å². The van der Waals surface area contributed by atoms with Crippen molar-refractivity contribution in [3.63, 3.8) is 0 Å². The van der Waals surface area contributed by atoms with Gasteiger partial charge in [0.25, 0.3) is 0 Å². The monoisotopic (exact) mass is 997 g/mol. The van der Waals surface area contributed by atoms with Crippen LogP contribution in [0.2, 0.25) is 0 Å². The van der Waals surface area contributed by atoms with Crippen molar-refractivity contribution in [3.05, 3.63) is 216 Å². The number of hydrogen-bond acceptors (Lipinski definition) is 19. The van der Waals surface area contributed by atoms with Crippen molar-refractivity contribution >= 4 is 109 Å². The van der Waals surface area contributed by atoms with Crippen molar-refractivity contribution in [2.75, 3.05) is 63.1 Å². The Hall–Kier alpha value is -11.1. The topological polar surface area (TPSA) is 423 Å². The van der Waals surface area contributed by atoms with Crippen molar-refractivity contribution in [2.45, 2.75) is 0 Å². The Bertz CT molecular complexity index is 3730. The van der Waals surface area contributed by atoms with E-state index in [0.29, 0.717) is 45.0 Å². The van der Waals surface area contributed by atoms with Gasteiger partial charge >= 0.3 is 0 Å². The van der Waals surface area contributed by atoms with Gasteiger partial charge in [0.15, 0.2) is 46.3 Å². The third-order valence-corrected chi connectivity index (χ3v) is 13.0. The van der Waals surface area contributed by atoms with Crippen LogP contribution in [0.4, 0.5) is 62.6 Å². The first kappa shape index (κ1) is 48.9. The molecule has 12 rings (SSSR count). The van der Waals surface area contributed by atoms with E-state index >= 15 is 0 Å². The smallest absolute Gasteiger partial charge is 0.198 e. The summed E-state index contributed by atoms with van der Waals surface area (Å²) in [5, 5.41) is 0. The maximum Gasteiger partial charge on any atom is 0.198 e. The minimum atomic E-state index is -0.427. The number of carbonyl (C=O) groups excluding carboxylic acids is 8. The summed E-state index contributed by atoms with van der Waals surface area (Å²) in [6.07, 6.45) is 0. The molecule has 0 amide bonds. The van der Waals surface area contributed by atoms with Crippen LogP contribution >= 0.6 is 0 Å². The second kappa shape index (κ2) is 18.3. The van der Waals surface area contributed by atoms with Crippen LogP contribution in [0.5, 0.6) is 0 Å². The lowest BCUT2D eigenvalue weighted by Crippen LogP contribution is -2.26. The Kier molecular flexibility index (Phi) is 11.9. The minimum Gasteiger partial charge on any atom is -0.398 e. The molecule has 75 heavy (non-hydrogen) atoms. The Labute approximate surface area is 425 Å². The summed E-state index contributed by atoms with van der Waals surface area (Å²) in [4.78, 5) is 99.4. The van der Waals surface area contributed by atoms with E-state index in [1.54, 1.807) is 91.0 Å². The molecule has 0 aromatic heterocycles. The summed E-state index contributed by atoms with van der Waals surface area (Å²) >= 11 is 0. The van der Waals surface area contributed by atoms with Gasteiger partial charge in [0.2, 0.25) is 0 Å². The summed E-state index contributed by atoms with van der Waals surface area (Å²) in [5.41, 5.74) is 70.1. The molecule has 22 N–H and O–H groups in total. The quantitative estimate of drug-likeness (QED) is 0.0864. The molecule has 4 aliphatic carbocycles. The van der Waals surface area contributed by atoms with Crippen LogP contribution in [0.15, 0.2) is 127 Å². The van der Waals surface area contributed by atoms with E-state index in [-0.39, 0.29) is 141 Å². The van der Waals surface area contributed by atoms with Gasteiger partial charge in [-0.05, 0) is 66.7 Å². The summed E-state index contributed by atoms with van der Waals surface area (Å²) < 4.78 is 0. The number of carbonyl (C=O) groups is 8. The number of nitrogens with two attached hydrogens (primary N) is 11. The van der Waals surface area contributed by atoms with Gasteiger partial charge in [-0.3, -0.25) is 38.4 Å². The van der Waals surface area contributed by atoms with Crippen molar-refractivity contribution in [1.29, 1.82) is 0 Å². The summed E-state index contributed by atoms with van der Waals surface area (Å²) in [6, 6.07) is 33.3. The first-order valence-electron chi connectivity index (χ1n) is 22.5. The zero-order valence-corrected chi connectivity index (χ0v) is 39.2. The standard InChI is InChI=1S/C14H12N4O2.C14H11N3O2.2C14H10N2O2/c15-5-1-2-6(16)10-9(5)13(19)11-7(17)3-4-8(18)12(11)14(10)20;15-7-3-1-2-6-10(7)14(19)12-9(17)5-4-8(16)11(12)13(6)18;15-9-5-1-3-7-11(9)14(18)8-4-2-6-10(16)12(8)13(7)17;15-9-5-1-3-7-11(9)14(18)12-8(13(7)17)4-2-6-10(12)16/h1-4H,15-18H2;1-5H,15-17H2;2*1-6H,15-16H2. The SMILES string of the molecule is Nc1ccc(N)c2c1C(=O)c1c(N)ccc(N)c1C2=O.Nc1cccc2c1C(=O)c1c(N)ccc(N)c1C2=O.Nc1cccc2c1C(=O)c1c(N)cccc1C2=O.Nc1cccc2c1C(=O)c1cccc(N)c1C2=O. The lowest BCUT2D eigenvalue weighted by Gasteiger charge is -2.22. The highest BCUT2D eigenvalue weighted by molar-refractivity contribution is 6.36. The third-order valence-electron chi connectivity index (χ3n) is 13.0. The summed E-state index contributed by atoms with van der Waals surface area (Å²) in [7, 11) is 0. The molecule has 0 radical (unpaired) electrons. The second-order valence-electron chi connectivity index (χ2n) is 17.5. The molecule has 19 nitrogen and oxygen atoms in total. The van der Waals surface area contributed by atoms with E-state index in [1.165, 1.54) is 36.4 Å². The molecular formula is C56H43N11O8. The van der Waals surface area contributed by atoms with Gasteiger partial charge < -0.3 is 63.1 Å². The normalized spacial score (nSPS) is 13.1. The molecule has 8 aromatic carbocycles. The van der Waals surface area contributed by atoms with Crippen molar-refractivity contribution < 1.29 is 38.4 Å². The molecule has 0 heterocycles. The van der Waals surface area contributed by atoms with Gasteiger partial charge in [-0.2, -0.15) is 0 Å². The zero-order valence-electron chi connectivity index (χ0n) is 39.2. The fraction of sp³-hybridized carbons (Fsp3) is 0. The van der Waals surface area contributed by atoms with Crippen LogP contribution in [-0.2, 0) is 0 Å². The van der Waals surface area contributed by atoms with Crippen LogP contribution in [0.25, 0.3) is 0 Å². The molecule has 0 saturated heterocycles. The lowest BCUT2D eigenvalue weighted by atomic mass is 9.81. The third kappa shape index (κ3) is 7.72. The van der Waals surface area contributed by atoms with Gasteiger partial charge in [-0.1, -0.05) is 60.7 Å². The fourth-order valence-corrected chi connectivity index (χ4v) is 9.49. The highest BCUT2D eigenvalue weighted by Crippen LogP contribution is 2.40. The molecule has 0 saturated carbocycles. The van der Waals surface area contributed by atoms with E-state index in [0.717, 1.165) is 0 Å². The number of ketones is 8. The molecular weight excluding hydrogens is 955 g/mol. The van der Waals surface area contributed by atoms with Crippen LogP contribution < -0.4 is 63.1 Å². The first-order valence-corrected chi connectivity index (χ1v) is 22.5. The molecule has 4 aliphatic rings. The molecule has 0 fully saturated rings. The number of rotatable bonds is 0. The van der Waals surface area contributed by atoms with Gasteiger partial charge in [0.05, 0.1) is 61.2 Å². The summed E-state index contributed by atoms with van der Waals surface area (Å²) in [6.45, 7) is 0. The molecule has 0 unspecified atom stereocenters. The predicted octanol–water partition coefficient (Wildman–Crippen LogP) is 5.25. The maximum atomic E-state index is 12.6. The van der Waals surface area contributed by atoms with Crippen LogP contribution in [-0.4, -0.2) is 46.3 Å². The molecule has 8 aromatic rings. The molecule has 0 aliphatic heterocycles. The van der Waals surface area contributed by atoms with Crippen LogP contribution in [0.3, 0.4) is 0 Å². The highest BCUT2D eigenvalue weighted by atomic mass is 16.2. The Balaban J connectivity index is 0.000000123. The molecule has 0 bridgehead atoms. The predicted molar refractivity (Wildman–Crippen MR) is 288 cm³/mol. The van der Waals surface area contributed by atoms with E-state index < -0.39 is 11.6 Å². The minimum absolute atomic E-state index is 0.0970. The zero-order chi connectivity index (χ0) is 54.1. The van der Waals surface area contributed by atoms with Crippen LogP contribution in [0.1, 0.15) is 127 Å². The largest absolute Gasteiger partial charge is 0.398 e. The number of anilines is 11. The molecule has 0 atom stereocenters. The van der Waals surface area contributed by atoms with E-state index in [2.05, 4.69) is 0 Å². The average molecular weight is 998 g/mol. The number of nitrogen functional groups attached to an aromatic ring is 11. The summed E-state index contributed by atoms with van der Waals surface area (Å²) in [5.74, 6) is -2.51. The lowest BCUT2D eigenvalue weighted by molar-refractivity contribution is 0.0980. The number of benzene rings is 8. The van der Waals surface area contributed by atoms with Gasteiger partial charge in [0.1, 0.15) is 0 Å². The second-order valence-corrected chi connectivity index (χ2v) is 17.5. The fourth-order valence-electron chi connectivity index (χ4n) is 9.49. The maximum absolute atomic E-state index is 12.6.